The zero-order valence-corrected chi connectivity index (χ0v) is 7.72. The quantitative estimate of drug-likeness (QED) is 0.432. The highest BCUT2D eigenvalue weighted by Crippen LogP contribution is 1.60. The largest absolute Gasteiger partial charge is 0.399 e. The predicted octanol–water partition coefficient (Wildman–Crippen LogP) is 2.86. The van der Waals surface area contributed by atoms with Crippen molar-refractivity contribution < 1.29 is 4.84 Å². The summed E-state index contributed by atoms with van der Waals surface area (Å²) in [6, 6.07) is 0. The van der Waals surface area contributed by atoms with Gasteiger partial charge in [0, 0.05) is 0 Å². The second-order valence-corrected chi connectivity index (χ2v) is 0.673. The maximum absolute atomic E-state index is 4.28. The zero-order chi connectivity index (χ0) is 8.83. The molecule has 0 unspecified atom stereocenters. The SMILES string of the molecule is C=C/C=N\OC.CC.CC. The highest BCUT2D eigenvalue weighted by atomic mass is 16.6. The second-order valence-electron chi connectivity index (χ2n) is 0.673. The first-order valence-electron chi connectivity index (χ1n) is 3.59. The van der Waals surface area contributed by atoms with Crippen LogP contribution in [0.3, 0.4) is 0 Å². The molecule has 0 N–H and O–H groups in total. The minimum absolute atomic E-state index is 1.47. The van der Waals surface area contributed by atoms with E-state index in [9.17, 15) is 0 Å². The molecule has 2 nitrogen and oxygen atoms in total. The Balaban J connectivity index is -0.000000105. The summed E-state index contributed by atoms with van der Waals surface area (Å²) in [4.78, 5) is 4.28. The Morgan fingerprint density at radius 1 is 1.20 bits per heavy atom. The van der Waals surface area contributed by atoms with Crippen LogP contribution in [-0.2, 0) is 4.84 Å². The van der Waals surface area contributed by atoms with Gasteiger partial charge in [-0.25, -0.2) is 0 Å². The van der Waals surface area contributed by atoms with Crippen molar-refractivity contribution in [3.8, 4) is 0 Å². The van der Waals surface area contributed by atoms with Gasteiger partial charge in [-0.05, 0) is 6.08 Å². The fourth-order valence-electron chi connectivity index (χ4n) is 0.104. The van der Waals surface area contributed by atoms with Crippen molar-refractivity contribution in [3.05, 3.63) is 12.7 Å². The number of nitrogens with zero attached hydrogens (tertiary/aromatic N) is 1. The molecule has 0 fully saturated rings. The molecule has 0 aromatic rings. The van der Waals surface area contributed by atoms with E-state index in [1.54, 1.807) is 6.08 Å². The smallest absolute Gasteiger partial charge is 0.106 e. The van der Waals surface area contributed by atoms with Crippen molar-refractivity contribution in [2.75, 3.05) is 7.11 Å². The van der Waals surface area contributed by atoms with E-state index in [4.69, 9.17) is 0 Å². The Morgan fingerprint density at radius 2 is 1.60 bits per heavy atom. The molecule has 10 heavy (non-hydrogen) atoms. The molecule has 0 aliphatic carbocycles. The molecule has 0 aliphatic heterocycles. The summed E-state index contributed by atoms with van der Waals surface area (Å²) in [6.45, 7) is 11.4. The van der Waals surface area contributed by atoms with Crippen LogP contribution in [0.1, 0.15) is 27.7 Å². The highest BCUT2D eigenvalue weighted by Gasteiger charge is 1.51. The maximum Gasteiger partial charge on any atom is 0.106 e. The normalized spacial score (nSPS) is 6.50. The third-order valence-corrected chi connectivity index (χ3v) is 0.272. The number of oxime groups is 1. The monoisotopic (exact) mass is 145 g/mol. The third-order valence-electron chi connectivity index (χ3n) is 0.272. The molecule has 0 atom stereocenters. The summed E-state index contributed by atoms with van der Waals surface area (Å²) in [5, 5.41) is 3.35. The second kappa shape index (κ2) is 41.4. The Labute approximate surface area is 64.6 Å². The van der Waals surface area contributed by atoms with Gasteiger partial charge in [-0.2, -0.15) is 0 Å². The van der Waals surface area contributed by atoms with Gasteiger partial charge in [0.2, 0.25) is 0 Å². The van der Waals surface area contributed by atoms with E-state index < -0.39 is 0 Å². The Kier molecular flexibility index (Phi) is 66.7. The molecule has 0 rings (SSSR count). The van der Waals surface area contributed by atoms with Crippen LogP contribution in [0.2, 0.25) is 0 Å². The molecule has 0 spiro atoms. The molecular weight excluding hydrogens is 126 g/mol. The van der Waals surface area contributed by atoms with Gasteiger partial charge in [-0.3, -0.25) is 0 Å². The molecule has 0 aromatic heterocycles. The molecule has 0 saturated heterocycles. The Hall–Kier alpha value is -0.790. The Morgan fingerprint density at radius 3 is 1.70 bits per heavy atom. The third kappa shape index (κ3) is 56.9. The van der Waals surface area contributed by atoms with E-state index in [0.29, 0.717) is 0 Å². The fourth-order valence-corrected chi connectivity index (χ4v) is 0.104. The lowest BCUT2D eigenvalue weighted by Gasteiger charge is -1.76. The lowest BCUT2D eigenvalue weighted by molar-refractivity contribution is 0.215. The number of rotatable bonds is 2. The van der Waals surface area contributed by atoms with Crippen molar-refractivity contribution in [1.29, 1.82) is 0 Å². The number of hydrogen-bond donors (Lipinski definition) is 0. The van der Waals surface area contributed by atoms with Crippen molar-refractivity contribution in [3.63, 3.8) is 0 Å². The van der Waals surface area contributed by atoms with E-state index in [1.165, 1.54) is 13.3 Å². The van der Waals surface area contributed by atoms with Crippen LogP contribution in [-0.4, -0.2) is 13.3 Å². The minimum atomic E-state index is 1.47. The first-order chi connectivity index (χ1) is 4.91. The molecule has 2 heteroatoms. The lowest BCUT2D eigenvalue weighted by Crippen LogP contribution is -1.65. The first kappa shape index (κ1) is 16.1. The van der Waals surface area contributed by atoms with Crippen molar-refractivity contribution >= 4 is 6.21 Å². The molecule has 0 amide bonds. The maximum atomic E-state index is 4.28. The summed E-state index contributed by atoms with van der Waals surface area (Å²) in [6.07, 6.45) is 3.02. The van der Waals surface area contributed by atoms with Gasteiger partial charge in [0.05, 0.1) is 6.21 Å². The van der Waals surface area contributed by atoms with E-state index in [2.05, 4.69) is 16.6 Å². The number of allylic oxidation sites excluding steroid dienone is 1. The van der Waals surface area contributed by atoms with Crippen molar-refractivity contribution in [2.45, 2.75) is 27.7 Å². The molecule has 0 bridgehead atoms. The van der Waals surface area contributed by atoms with Gasteiger partial charge in [0.15, 0.2) is 0 Å². The lowest BCUT2D eigenvalue weighted by atomic mass is 10.7. The van der Waals surface area contributed by atoms with Crippen LogP contribution >= 0.6 is 0 Å². The zero-order valence-electron chi connectivity index (χ0n) is 7.72. The van der Waals surface area contributed by atoms with E-state index in [0.717, 1.165) is 0 Å². The molecule has 0 aliphatic rings. The van der Waals surface area contributed by atoms with Gasteiger partial charge >= 0.3 is 0 Å². The standard InChI is InChI=1S/C4H7NO.2C2H6/c1-3-4-5-6-2;2*1-2/h3-4H,1H2,2H3;2*1-2H3/b5-4-;;. The summed E-state index contributed by atoms with van der Waals surface area (Å²) in [5.74, 6) is 0. The van der Waals surface area contributed by atoms with Gasteiger partial charge in [0.1, 0.15) is 7.11 Å². The fraction of sp³-hybridized carbons (Fsp3) is 0.625. The van der Waals surface area contributed by atoms with Crippen LogP contribution in [0, 0.1) is 0 Å². The molecular formula is C8H19NO. The van der Waals surface area contributed by atoms with Crippen LogP contribution in [0.25, 0.3) is 0 Å². The molecule has 0 aromatic carbocycles. The highest BCUT2D eigenvalue weighted by molar-refractivity contribution is 5.69. The van der Waals surface area contributed by atoms with E-state index >= 15 is 0 Å². The predicted molar refractivity (Wildman–Crippen MR) is 48.4 cm³/mol. The summed E-state index contributed by atoms with van der Waals surface area (Å²) < 4.78 is 0. The average Bonchev–Trinajstić information content (AvgIpc) is 2.08. The van der Waals surface area contributed by atoms with Gasteiger partial charge in [-0.15, -0.1) is 0 Å². The van der Waals surface area contributed by atoms with E-state index in [1.807, 2.05) is 27.7 Å². The molecule has 0 radical (unpaired) electrons. The Bertz CT molecular complexity index is 60.3. The van der Waals surface area contributed by atoms with Crippen molar-refractivity contribution in [1.82, 2.24) is 0 Å². The van der Waals surface area contributed by atoms with Crippen LogP contribution in [0.5, 0.6) is 0 Å². The van der Waals surface area contributed by atoms with Crippen molar-refractivity contribution in [2.24, 2.45) is 5.16 Å². The first-order valence-corrected chi connectivity index (χ1v) is 3.59. The topological polar surface area (TPSA) is 21.6 Å². The van der Waals surface area contributed by atoms with Crippen LogP contribution in [0.4, 0.5) is 0 Å². The summed E-state index contributed by atoms with van der Waals surface area (Å²) >= 11 is 0. The number of hydrogen-bond acceptors (Lipinski definition) is 2. The van der Waals surface area contributed by atoms with Crippen LogP contribution < -0.4 is 0 Å². The van der Waals surface area contributed by atoms with Crippen LogP contribution in [0.15, 0.2) is 17.8 Å². The average molecular weight is 145 g/mol. The van der Waals surface area contributed by atoms with E-state index in [-0.39, 0.29) is 0 Å². The molecule has 0 saturated carbocycles. The molecule has 0 heterocycles. The summed E-state index contributed by atoms with van der Waals surface area (Å²) in [7, 11) is 1.49. The van der Waals surface area contributed by atoms with Gasteiger partial charge < -0.3 is 4.84 Å². The van der Waals surface area contributed by atoms with Gasteiger partial charge in [0.25, 0.3) is 0 Å². The van der Waals surface area contributed by atoms with Gasteiger partial charge in [-0.1, -0.05) is 39.4 Å². The minimum Gasteiger partial charge on any atom is -0.399 e. The summed E-state index contributed by atoms with van der Waals surface area (Å²) in [5.41, 5.74) is 0. The molecule has 62 valence electrons.